The van der Waals surface area contributed by atoms with Gasteiger partial charge in [-0.1, -0.05) is 103 Å². The van der Waals surface area contributed by atoms with E-state index < -0.39 is 0 Å². The lowest BCUT2D eigenvalue weighted by molar-refractivity contribution is -0.751. The fourth-order valence-corrected chi connectivity index (χ4v) is 10.2. The molecule has 0 saturated heterocycles. The maximum Gasteiger partial charge on any atom is 0.296 e. The molecule has 1 unspecified atom stereocenters. The van der Waals surface area contributed by atoms with Crippen molar-refractivity contribution in [2.75, 3.05) is 0 Å². The van der Waals surface area contributed by atoms with Gasteiger partial charge in [0, 0.05) is 21.8 Å². The lowest BCUT2D eigenvalue weighted by atomic mass is 9.59. The number of pyridine rings is 1. The molecule has 1 aliphatic heterocycles. The van der Waals surface area contributed by atoms with Gasteiger partial charge in [-0.15, -0.1) is 0 Å². The Bertz CT molecular complexity index is 1900. The van der Waals surface area contributed by atoms with Crippen LogP contribution in [0.3, 0.4) is 0 Å². The minimum absolute atomic E-state index is 0.0320. The topological polar surface area (TPSA) is 8.29 Å². The first kappa shape index (κ1) is 31.5. The Balaban J connectivity index is 1.55. The van der Waals surface area contributed by atoms with Crippen LogP contribution in [-0.2, 0) is 17.4 Å². The van der Waals surface area contributed by atoms with Crippen LogP contribution in [0.25, 0.3) is 38.6 Å². The van der Waals surface area contributed by atoms with Crippen molar-refractivity contribution in [3.05, 3.63) is 83.6 Å². The van der Waals surface area contributed by atoms with Gasteiger partial charge in [-0.05, 0) is 111 Å². The fraction of sp³-hybridized carbons (Fsp3) is 0.523. The number of benzene rings is 3. The minimum Gasteiger partial charge on any atom is -0.223 e. The van der Waals surface area contributed by atoms with E-state index in [1.165, 1.54) is 89.1 Å². The summed E-state index contributed by atoms with van der Waals surface area (Å²) in [5.41, 5.74) is 10.6. The Morgan fingerprint density at radius 3 is 2.22 bits per heavy atom. The molecule has 0 bridgehead atoms. The van der Waals surface area contributed by atoms with Crippen molar-refractivity contribution in [1.82, 2.24) is 4.40 Å². The van der Waals surface area contributed by atoms with Crippen LogP contribution in [-0.4, -0.2) is 4.40 Å². The van der Waals surface area contributed by atoms with Gasteiger partial charge in [0.05, 0.1) is 5.39 Å². The minimum atomic E-state index is -0.0320. The molecule has 7 rings (SSSR count). The predicted octanol–water partition coefficient (Wildman–Crippen LogP) is 12.1. The largest absolute Gasteiger partial charge is 0.296 e. The van der Waals surface area contributed by atoms with Gasteiger partial charge in [-0.3, -0.25) is 0 Å². The summed E-state index contributed by atoms with van der Waals surface area (Å²) >= 11 is 0. The van der Waals surface area contributed by atoms with E-state index >= 15 is 0 Å². The first-order chi connectivity index (χ1) is 22.1. The average Bonchev–Trinajstić information content (AvgIpc) is 3.49. The number of rotatable bonds is 8. The lowest BCUT2D eigenvalue weighted by Gasteiger charge is -2.48. The highest BCUT2D eigenvalue weighted by atomic mass is 15.2. The molecule has 2 aromatic heterocycles. The zero-order chi connectivity index (χ0) is 32.4. The smallest absolute Gasteiger partial charge is 0.223 e. The van der Waals surface area contributed by atoms with Crippen molar-refractivity contribution in [3.8, 4) is 11.3 Å². The van der Waals surface area contributed by atoms with Crippen LogP contribution in [0.5, 0.6) is 0 Å². The molecule has 2 aliphatic rings. The van der Waals surface area contributed by atoms with Gasteiger partial charge < -0.3 is 0 Å². The van der Waals surface area contributed by atoms with Crippen molar-refractivity contribution in [1.29, 1.82) is 0 Å². The van der Waals surface area contributed by atoms with Gasteiger partial charge in [-0.2, -0.15) is 4.40 Å². The van der Waals surface area contributed by atoms with Crippen LogP contribution in [0.4, 0.5) is 0 Å². The summed E-state index contributed by atoms with van der Waals surface area (Å²) in [4.78, 5) is 0. The SMILES string of the molecule is CCCCc1ccc(-c2c[n+]3c4c5c(cccc5c5ccccc5n24)C(CC)(CC)C3(C)CC)c(C2CCC(C(C)(C)C)CC2)c1. The van der Waals surface area contributed by atoms with E-state index in [9.17, 15) is 0 Å². The molecule has 5 aromatic rings. The third-order valence-electron chi connectivity index (χ3n) is 13.2. The molecule has 0 radical (unpaired) electrons. The Morgan fingerprint density at radius 1 is 0.826 bits per heavy atom. The average molecular weight is 614 g/mol. The van der Waals surface area contributed by atoms with E-state index in [0.717, 1.165) is 25.2 Å². The summed E-state index contributed by atoms with van der Waals surface area (Å²) in [5, 5.41) is 4.23. The maximum absolute atomic E-state index is 2.75. The number of para-hydroxylation sites is 1. The molecule has 46 heavy (non-hydrogen) atoms. The van der Waals surface area contributed by atoms with Crippen LogP contribution >= 0.6 is 0 Å². The summed E-state index contributed by atoms with van der Waals surface area (Å²) in [6.07, 6.45) is 14.9. The summed E-state index contributed by atoms with van der Waals surface area (Å²) in [6.45, 7) is 19.5. The van der Waals surface area contributed by atoms with Crippen molar-refractivity contribution >= 4 is 27.3 Å². The molecule has 1 aliphatic carbocycles. The zero-order valence-electron chi connectivity index (χ0n) is 30.0. The highest BCUT2D eigenvalue weighted by molar-refractivity contribution is 6.13. The monoisotopic (exact) mass is 613 g/mol. The molecule has 1 fully saturated rings. The highest BCUT2D eigenvalue weighted by Gasteiger charge is 2.56. The Morgan fingerprint density at radius 2 is 1.54 bits per heavy atom. The first-order valence-corrected chi connectivity index (χ1v) is 18.7. The van der Waals surface area contributed by atoms with Crippen molar-refractivity contribution < 1.29 is 4.57 Å². The second-order valence-corrected chi connectivity index (χ2v) is 16.1. The van der Waals surface area contributed by atoms with Crippen LogP contribution in [0.2, 0.25) is 0 Å². The molecule has 3 heterocycles. The number of unbranched alkanes of at least 4 members (excludes halogenated alkanes) is 1. The third kappa shape index (κ3) is 4.45. The van der Waals surface area contributed by atoms with Gasteiger partial charge in [0.15, 0.2) is 5.69 Å². The molecule has 2 heteroatoms. The maximum atomic E-state index is 2.75. The van der Waals surface area contributed by atoms with Crippen molar-refractivity contribution in [3.63, 3.8) is 0 Å². The van der Waals surface area contributed by atoms with Gasteiger partial charge >= 0.3 is 0 Å². The molecule has 3 aromatic carbocycles. The molecular formula is C44H57N2+. The number of nitrogens with zero attached hydrogens (tertiary/aromatic N) is 2. The number of fused-ring (bicyclic) bond motifs is 3. The summed E-state index contributed by atoms with van der Waals surface area (Å²) in [7, 11) is 0. The van der Waals surface area contributed by atoms with Crippen LogP contribution in [0, 0.1) is 11.3 Å². The van der Waals surface area contributed by atoms with Crippen molar-refractivity contribution in [2.24, 2.45) is 11.3 Å². The molecule has 0 N–H and O–H groups in total. The number of hydrogen-bond acceptors (Lipinski definition) is 0. The number of aromatic nitrogens is 2. The van der Waals surface area contributed by atoms with E-state index in [1.807, 2.05) is 0 Å². The van der Waals surface area contributed by atoms with E-state index in [0.29, 0.717) is 11.3 Å². The van der Waals surface area contributed by atoms with Gasteiger partial charge in [-0.25, -0.2) is 4.57 Å². The zero-order valence-corrected chi connectivity index (χ0v) is 30.0. The molecule has 1 atom stereocenters. The first-order valence-electron chi connectivity index (χ1n) is 18.7. The molecule has 2 nitrogen and oxygen atoms in total. The molecule has 242 valence electrons. The number of hydrogen-bond donors (Lipinski definition) is 0. The molecule has 0 amide bonds. The van der Waals surface area contributed by atoms with E-state index in [-0.39, 0.29) is 11.0 Å². The lowest BCUT2D eigenvalue weighted by Crippen LogP contribution is -2.66. The standard InChI is InChI=1S/C44H57N2/c1-9-13-17-30-22-27-34(36(28-30)31-23-25-32(26-24-31)42(5,6)7)39-29-45-41-40-35(33-18-14-15-21-38(33)46(39)41)19-16-20-37(40)44(11-3,12-4)43(45,8)10-2/h14-16,18-22,27-29,31-32H,9-13,17,23-26H2,1-8H3/q+1. The summed E-state index contributed by atoms with van der Waals surface area (Å²) in [6, 6.07) is 24.0. The number of imidazole rings is 1. The van der Waals surface area contributed by atoms with Crippen LogP contribution in [0.1, 0.15) is 136 Å². The second-order valence-electron chi connectivity index (χ2n) is 16.1. The Kier molecular flexibility index (Phi) is 7.89. The number of aryl methyl sites for hydroxylation is 1. The van der Waals surface area contributed by atoms with Crippen LogP contribution in [0.15, 0.2) is 66.9 Å². The third-order valence-corrected chi connectivity index (χ3v) is 13.2. The quantitative estimate of drug-likeness (QED) is 0.122. The van der Waals surface area contributed by atoms with Gasteiger partial charge in [0.2, 0.25) is 0 Å². The summed E-state index contributed by atoms with van der Waals surface area (Å²) < 4.78 is 5.43. The normalized spacial score (nSPS) is 22.8. The van der Waals surface area contributed by atoms with Gasteiger partial charge in [0.25, 0.3) is 5.65 Å². The second kappa shape index (κ2) is 11.5. The Hall–Kier alpha value is -3.13. The van der Waals surface area contributed by atoms with E-state index in [4.69, 9.17) is 0 Å². The van der Waals surface area contributed by atoms with Crippen molar-refractivity contribution in [2.45, 2.75) is 136 Å². The predicted molar refractivity (Wildman–Crippen MR) is 197 cm³/mol. The fourth-order valence-electron chi connectivity index (χ4n) is 10.2. The summed E-state index contributed by atoms with van der Waals surface area (Å²) in [5.74, 6) is 1.43. The van der Waals surface area contributed by atoms with Gasteiger partial charge in [0.1, 0.15) is 17.3 Å². The Labute approximate surface area is 278 Å². The molecule has 1 saturated carbocycles. The molecule has 0 spiro atoms. The van der Waals surface area contributed by atoms with E-state index in [1.54, 1.807) is 11.1 Å². The van der Waals surface area contributed by atoms with E-state index in [2.05, 4.69) is 131 Å². The highest BCUT2D eigenvalue weighted by Crippen LogP contribution is 2.53. The van der Waals surface area contributed by atoms with Crippen LogP contribution < -0.4 is 4.57 Å². The molecular weight excluding hydrogens is 556 g/mol.